The normalized spacial score (nSPS) is 10.9. The molecule has 114 valence electrons. The van der Waals surface area contributed by atoms with Crippen molar-refractivity contribution in [2.75, 3.05) is 6.61 Å². The molecule has 0 saturated heterocycles. The van der Waals surface area contributed by atoms with Crippen LogP contribution in [-0.2, 0) is 14.3 Å². The maximum atomic E-state index is 11.9. The molecule has 0 spiro atoms. The first-order chi connectivity index (χ1) is 9.73. The van der Waals surface area contributed by atoms with Crippen molar-refractivity contribution in [2.45, 2.75) is 39.7 Å². The van der Waals surface area contributed by atoms with Gasteiger partial charge in [-0.25, -0.2) is 9.59 Å². The summed E-state index contributed by atoms with van der Waals surface area (Å²) in [6.07, 6.45) is 0.420. The van der Waals surface area contributed by atoms with Crippen LogP contribution in [0.4, 0.5) is 0 Å². The van der Waals surface area contributed by atoms with Crippen molar-refractivity contribution < 1.29 is 19.1 Å². The van der Waals surface area contributed by atoms with Gasteiger partial charge in [0.05, 0.1) is 12.2 Å². The molecule has 1 aromatic rings. The van der Waals surface area contributed by atoms with Crippen molar-refractivity contribution in [3.05, 3.63) is 47.5 Å². The van der Waals surface area contributed by atoms with E-state index in [2.05, 4.69) is 6.58 Å². The summed E-state index contributed by atoms with van der Waals surface area (Å²) in [5, 5.41) is 0. The minimum Gasteiger partial charge on any atom is -0.462 e. The van der Waals surface area contributed by atoms with E-state index >= 15 is 0 Å². The molecule has 4 heteroatoms. The van der Waals surface area contributed by atoms with E-state index in [1.165, 1.54) is 0 Å². The molecule has 1 rings (SSSR count). The Kier molecular flexibility index (Phi) is 5.70. The number of esters is 2. The van der Waals surface area contributed by atoms with Gasteiger partial charge < -0.3 is 9.47 Å². The van der Waals surface area contributed by atoms with E-state index < -0.39 is 11.6 Å². The highest BCUT2D eigenvalue weighted by Crippen LogP contribution is 2.17. The number of ether oxygens (including phenoxy) is 2. The number of benzene rings is 1. The molecule has 0 aliphatic rings. The van der Waals surface area contributed by atoms with Gasteiger partial charge in [-0.15, -0.1) is 0 Å². The summed E-state index contributed by atoms with van der Waals surface area (Å²) in [6.45, 7) is 10.7. The highest BCUT2D eigenvalue weighted by atomic mass is 16.6. The van der Waals surface area contributed by atoms with E-state index in [0.717, 1.165) is 5.56 Å². The molecule has 0 aliphatic heterocycles. The Morgan fingerprint density at radius 1 is 1.24 bits per heavy atom. The van der Waals surface area contributed by atoms with Crippen LogP contribution in [0, 0.1) is 6.92 Å². The van der Waals surface area contributed by atoms with Crippen molar-refractivity contribution >= 4 is 11.9 Å². The number of rotatable bonds is 6. The molecule has 0 N–H and O–H groups in total. The van der Waals surface area contributed by atoms with Crippen molar-refractivity contribution in [1.82, 2.24) is 0 Å². The van der Waals surface area contributed by atoms with Crippen molar-refractivity contribution in [3.8, 4) is 0 Å². The van der Waals surface area contributed by atoms with Gasteiger partial charge in [-0.2, -0.15) is 0 Å². The molecular formula is C17H22O4. The van der Waals surface area contributed by atoms with E-state index in [1.54, 1.807) is 32.9 Å². The average Bonchev–Trinajstić information content (AvgIpc) is 2.38. The number of aryl methyl sites for hydroxylation is 1. The van der Waals surface area contributed by atoms with Crippen LogP contribution in [0.25, 0.3) is 0 Å². The summed E-state index contributed by atoms with van der Waals surface area (Å²) in [6, 6.07) is 7.24. The highest BCUT2D eigenvalue weighted by Gasteiger charge is 2.24. The molecule has 0 unspecified atom stereocenters. The maximum Gasteiger partial charge on any atom is 0.338 e. The van der Waals surface area contributed by atoms with E-state index in [0.29, 0.717) is 17.6 Å². The van der Waals surface area contributed by atoms with Crippen molar-refractivity contribution in [3.63, 3.8) is 0 Å². The fourth-order valence-electron chi connectivity index (χ4n) is 1.66. The summed E-state index contributed by atoms with van der Waals surface area (Å²) in [7, 11) is 0. The predicted molar refractivity (Wildman–Crippen MR) is 81.1 cm³/mol. The van der Waals surface area contributed by atoms with E-state index in [1.807, 2.05) is 19.1 Å². The van der Waals surface area contributed by atoms with Crippen LogP contribution in [0.2, 0.25) is 0 Å². The first-order valence-corrected chi connectivity index (χ1v) is 6.84. The van der Waals surface area contributed by atoms with E-state index in [9.17, 15) is 9.59 Å². The Labute approximate surface area is 125 Å². The second-order valence-electron chi connectivity index (χ2n) is 5.63. The molecule has 0 heterocycles. The second kappa shape index (κ2) is 7.07. The molecule has 21 heavy (non-hydrogen) atoms. The van der Waals surface area contributed by atoms with Gasteiger partial charge in [0.1, 0.15) is 5.60 Å². The third-order valence-corrected chi connectivity index (χ3v) is 3.02. The zero-order valence-corrected chi connectivity index (χ0v) is 13.1. The maximum absolute atomic E-state index is 11.9. The van der Waals surface area contributed by atoms with Crippen molar-refractivity contribution in [2.24, 2.45) is 0 Å². The SMILES string of the molecule is C=C(C)C(=O)OC(C)(C)CCOC(=O)c1ccccc1C. The minimum atomic E-state index is -0.706. The van der Waals surface area contributed by atoms with Crippen LogP contribution < -0.4 is 0 Å². The molecule has 0 aromatic heterocycles. The molecule has 0 radical (unpaired) electrons. The third kappa shape index (κ3) is 5.42. The Hall–Kier alpha value is -2.10. The van der Waals surface area contributed by atoms with Crippen LogP contribution in [0.3, 0.4) is 0 Å². The van der Waals surface area contributed by atoms with E-state index in [4.69, 9.17) is 9.47 Å². The Bertz CT molecular complexity index is 543. The Morgan fingerprint density at radius 2 is 1.86 bits per heavy atom. The van der Waals surface area contributed by atoms with Gasteiger partial charge in [-0.05, 0) is 39.3 Å². The van der Waals surface area contributed by atoms with E-state index in [-0.39, 0.29) is 12.6 Å². The lowest BCUT2D eigenvalue weighted by Gasteiger charge is -2.25. The lowest BCUT2D eigenvalue weighted by molar-refractivity contribution is -0.152. The smallest absolute Gasteiger partial charge is 0.338 e. The molecule has 0 bridgehead atoms. The number of carbonyl (C=O) groups excluding carboxylic acids is 2. The summed E-state index contributed by atoms with van der Waals surface area (Å²) < 4.78 is 10.5. The molecule has 0 atom stereocenters. The topological polar surface area (TPSA) is 52.6 Å². The summed E-state index contributed by atoms with van der Waals surface area (Å²) >= 11 is 0. The van der Waals surface area contributed by atoms with Gasteiger partial charge in [-0.1, -0.05) is 24.8 Å². The summed E-state index contributed by atoms with van der Waals surface area (Å²) in [5.41, 5.74) is 1.06. The first kappa shape index (κ1) is 17.0. The summed E-state index contributed by atoms with van der Waals surface area (Å²) in [4.78, 5) is 23.4. The quantitative estimate of drug-likeness (QED) is 0.595. The Morgan fingerprint density at radius 3 is 2.43 bits per heavy atom. The largest absolute Gasteiger partial charge is 0.462 e. The van der Waals surface area contributed by atoms with Gasteiger partial charge in [0.25, 0.3) is 0 Å². The fraction of sp³-hybridized carbons (Fsp3) is 0.412. The molecule has 0 aliphatic carbocycles. The first-order valence-electron chi connectivity index (χ1n) is 6.84. The molecular weight excluding hydrogens is 268 g/mol. The van der Waals surface area contributed by atoms with Crippen LogP contribution >= 0.6 is 0 Å². The van der Waals surface area contributed by atoms with Gasteiger partial charge in [0.2, 0.25) is 0 Å². The zero-order chi connectivity index (χ0) is 16.0. The molecule has 1 aromatic carbocycles. The summed E-state index contributed by atoms with van der Waals surface area (Å²) in [5.74, 6) is -0.805. The van der Waals surface area contributed by atoms with Gasteiger partial charge in [0.15, 0.2) is 0 Å². The standard InChI is InChI=1S/C17H22O4/c1-12(2)15(18)21-17(4,5)10-11-20-16(19)14-9-7-6-8-13(14)3/h6-9H,1,10-11H2,2-5H3. The number of hydrogen-bond acceptors (Lipinski definition) is 4. The van der Waals surface area contributed by atoms with Crippen molar-refractivity contribution in [1.29, 1.82) is 0 Å². The molecule has 0 amide bonds. The average molecular weight is 290 g/mol. The van der Waals surface area contributed by atoms with Crippen LogP contribution in [-0.4, -0.2) is 24.1 Å². The van der Waals surface area contributed by atoms with Crippen LogP contribution in [0.15, 0.2) is 36.4 Å². The zero-order valence-electron chi connectivity index (χ0n) is 13.1. The molecule has 0 saturated carbocycles. The molecule has 4 nitrogen and oxygen atoms in total. The second-order valence-corrected chi connectivity index (χ2v) is 5.63. The van der Waals surface area contributed by atoms with Gasteiger partial charge in [-0.3, -0.25) is 0 Å². The van der Waals surface area contributed by atoms with Gasteiger partial charge >= 0.3 is 11.9 Å². The monoisotopic (exact) mass is 290 g/mol. The Balaban J connectivity index is 2.49. The number of carbonyl (C=O) groups is 2. The third-order valence-electron chi connectivity index (χ3n) is 3.02. The van der Waals surface area contributed by atoms with Crippen LogP contribution in [0.1, 0.15) is 43.1 Å². The molecule has 0 fully saturated rings. The lowest BCUT2D eigenvalue weighted by Crippen LogP contribution is -2.30. The predicted octanol–water partition coefficient (Wildman–Crippen LogP) is 3.44. The highest BCUT2D eigenvalue weighted by molar-refractivity contribution is 5.91. The lowest BCUT2D eigenvalue weighted by atomic mass is 10.1. The van der Waals surface area contributed by atoms with Gasteiger partial charge in [0, 0.05) is 12.0 Å². The fourth-order valence-corrected chi connectivity index (χ4v) is 1.66. The number of hydrogen-bond donors (Lipinski definition) is 0. The van der Waals surface area contributed by atoms with Crippen LogP contribution in [0.5, 0.6) is 0 Å². The minimum absolute atomic E-state index is 0.184.